The highest BCUT2D eigenvalue weighted by Crippen LogP contribution is 2.27. The van der Waals surface area contributed by atoms with Gasteiger partial charge >= 0.3 is 0 Å². The summed E-state index contributed by atoms with van der Waals surface area (Å²) in [5.74, 6) is 0.492. The van der Waals surface area contributed by atoms with Gasteiger partial charge in [-0.3, -0.25) is 4.79 Å². The number of carbonyl (C=O) groups is 1. The van der Waals surface area contributed by atoms with Crippen LogP contribution in [0.1, 0.15) is 5.56 Å². The number of ether oxygens (including phenoxy) is 2. The van der Waals surface area contributed by atoms with E-state index in [1.807, 2.05) is 30.3 Å². The number of benzene rings is 3. The van der Waals surface area contributed by atoms with Crippen LogP contribution in [0.2, 0.25) is 5.02 Å². The highest BCUT2D eigenvalue weighted by atomic mass is 35.5. The number of methoxy groups -OCH3 is 2. The van der Waals surface area contributed by atoms with Crippen molar-refractivity contribution in [3.8, 4) is 11.5 Å². The van der Waals surface area contributed by atoms with E-state index in [9.17, 15) is 13.2 Å². The second-order valence-corrected chi connectivity index (χ2v) is 9.00. The number of anilines is 1. The van der Waals surface area contributed by atoms with Crippen LogP contribution in [0.3, 0.4) is 0 Å². The van der Waals surface area contributed by atoms with Gasteiger partial charge in [-0.2, -0.15) is 4.72 Å². The van der Waals surface area contributed by atoms with Crippen LogP contribution in [-0.4, -0.2) is 34.6 Å². The topological polar surface area (TPSA) is 93.7 Å². The predicted octanol–water partition coefficient (Wildman–Crippen LogP) is 3.89. The molecule has 1 amide bonds. The van der Waals surface area contributed by atoms with Crippen molar-refractivity contribution in [2.45, 2.75) is 17.4 Å². The van der Waals surface area contributed by atoms with E-state index in [4.69, 9.17) is 21.1 Å². The van der Waals surface area contributed by atoms with E-state index < -0.39 is 22.0 Å². The molecule has 0 saturated carbocycles. The van der Waals surface area contributed by atoms with E-state index in [2.05, 4.69) is 10.0 Å². The summed E-state index contributed by atoms with van der Waals surface area (Å²) in [6.07, 6.45) is 0.159. The maximum absolute atomic E-state index is 13.0. The number of hydrogen-bond acceptors (Lipinski definition) is 5. The van der Waals surface area contributed by atoms with Gasteiger partial charge in [-0.15, -0.1) is 0 Å². The van der Waals surface area contributed by atoms with Crippen LogP contribution >= 0.6 is 11.6 Å². The Bertz CT molecular complexity index is 1170. The fourth-order valence-electron chi connectivity index (χ4n) is 3.01. The van der Waals surface area contributed by atoms with Crippen molar-refractivity contribution in [3.05, 3.63) is 83.4 Å². The Balaban J connectivity index is 1.86. The van der Waals surface area contributed by atoms with E-state index >= 15 is 0 Å². The number of halogens is 1. The number of hydrogen-bond donors (Lipinski definition) is 2. The van der Waals surface area contributed by atoms with Gasteiger partial charge in [0.25, 0.3) is 0 Å². The maximum Gasteiger partial charge on any atom is 0.242 e. The molecule has 0 aromatic heterocycles. The van der Waals surface area contributed by atoms with Gasteiger partial charge in [-0.1, -0.05) is 41.9 Å². The van der Waals surface area contributed by atoms with Crippen LogP contribution in [0.25, 0.3) is 0 Å². The summed E-state index contributed by atoms with van der Waals surface area (Å²) in [6.45, 7) is 0. The normalized spacial score (nSPS) is 12.1. The molecule has 3 aromatic rings. The summed E-state index contributed by atoms with van der Waals surface area (Å²) >= 11 is 6.09. The van der Waals surface area contributed by atoms with Gasteiger partial charge < -0.3 is 14.8 Å². The first kappa shape index (κ1) is 23.6. The van der Waals surface area contributed by atoms with E-state index in [-0.39, 0.29) is 16.3 Å². The number of sulfonamides is 1. The summed E-state index contributed by atoms with van der Waals surface area (Å²) in [7, 11) is -1.06. The zero-order valence-corrected chi connectivity index (χ0v) is 19.1. The smallest absolute Gasteiger partial charge is 0.242 e. The minimum Gasteiger partial charge on any atom is -0.497 e. The molecule has 0 aliphatic carbocycles. The molecule has 0 unspecified atom stereocenters. The highest BCUT2D eigenvalue weighted by molar-refractivity contribution is 7.89. The molecule has 0 fully saturated rings. The van der Waals surface area contributed by atoms with E-state index in [0.717, 1.165) is 5.56 Å². The average molecular weight is 475 g/mol. The van der Waals surface area contributed by atoms with Gasteiger partial charge in [0, 0.05) is 5.69 Å². The summed E-state index contributed by atoms with van der Waals surface area (Å²) in [5.41, 5.74) is 1.32. The van der Waals surface area contributed by atoms with Crippen LogP contribution < -0.4 is 19.5 Å². The fourth-order valence-corrected chi connectivity index (χ4v) is 4.55. The Morgan fingerprint density at radius 2 is 1.66 bits per heavy atom. The van der Waals surface area contributed by atoms with Crippen molar-refractivity contribution in [2.75, 3.05) is 19.5 Å². The Kier molecular flexibility index (Phi) is 7.74. The molecule has 0 aliphatic rings. The van der Waals surface area contributed by atoms with Gasteiger partial charge in [0.1, 0.15) is 17.5 Å². The Hall–Kier alpha value is -3.07. The first-order valence-corrected chi connectivity index (χ1v) is 11.5. The largest absolute Gasteiger partial charge is 0.497 e. The quantitative estimate of drug-likeness (QED) is 0.490. The van der Waals surface area contributed by atoms with Crippen LogP contribution in [0.5, 0.6) is 11.5 Å². The minimum absolute atomic E-state index is 0.0707. The maximum atomic E-state index is 13.0. The van der Waals surface area contributed by atoms with Crippen molar-refractivity contribution in [1.29, 1.82) is 0 Å². The van der Waals surface area contributed by atoms with Crippen LogP contribution in [0.15, 0.2) is 77.7 Å². The van der Waals surface area contributed by atoms with Crippen LogP contribution in [0.4, 0.5) is 5.69 Å². The number of carbonyl (C=O) groups excluding carboxylic acids is 1. The molecule has 3 aromatic carbocycles. The molecule has 9 heteroatoms. The van der Waals surface area contributed by atoms with Gasteiger partial charge in [0.2, 0.25) is 15.9 Å². The Morgan fingerprint density at radius 3 is 2.25 bits per heavy atom. The molecular weight excluding hydrogens is 452 g/mol. The summed E-state index contributed by atoms with van der Waals surface area (Å²) < 4.78 is 38.7. The molecule has 168 valence electrons. The molecule has 0 radical (unpaired) electrons. The Labute approximate surface area is 192 Å². The first-order valence-electron chi connectivity index (χ1n) is 9.67. The molecule has 32 heavy (non-hydrogen) atoms. The Morgan fingerprint density at radius 1 is 0.969 bits per heavy atom. The zero-order valence-electron chi connectivity index (χ0n) is 17.5. The molecule has 0 heterocycles. The SMILES string of the molecule is COc1ccc(NC(=O)[C@H](Cc2ccccc2)NS(=O)(=O)c2ccc(OC)c(Cl)c2)cc1. The van der Waals surface area contributed by atoms with Crippen molar-refractivity contribution >= 4 is 33.2 Å². The molecule has 7 nitrogen and oxygen atoms in total. The van der Waals surface area contributed by atoms with Gasteiger partial charge in [0.15, 0.2) is 0 Å². The highest BCUT2D eigenvalue weighted by Gasteiger charge is 2.27. The number of amides is 1. The van der Waals surface area contributed by atoms with E-state index in [1.165, 1.54) is 25.3 Å². The first-order chi connectivity index (χ1) is 15.3. The average Bonchev–Trinajstić information content (AvgIpc) is 2.79. The van der Waals surface area contributed by atoms with Gasteiger partial charge in [-0.25, -0.2) is 8.42 Å². The lowest BCUT2D eigenvalue weighted by Crippen LogP contribution is -2.45. The van der Waals surface area contributed by atoms with E-state index in [0.29, 0.717) is 17.2 Å². The van der Waals surface area contributed by atoms with Gasteiger partial charge in [-0.05, 0) is 54.4 Å². The lowest BCUT2D eigenvalue weighted by atomic mass is 10.1. The van der Waals surface area contributed by atoms with Crippen LogP contribution in [0, 0.1) is 0 Å². The zero-order chi connectivity index (χ0) is 23.1. The summed E-state index contributed by atoms with van der Waals surface area (Å²) in [5, 5.41) is 2.90. The number of nitrogens with one attached hydrogen (secondary N) is 2. The van der Waals surface area contributed by atoms with Crippen LogP contribution in [-0.2, 0) is 21.2 Å². The molecule has 0 aliphatic heterocycles. The van der Waals surface area contributed by atoms with Gasteiger partial charge in [0.05, 0.1) is 24.1 Å². The van der Waals surface area contributed by atoms with Crippen molar-refractivity contribution in [1.82, 2.24) is 4.72 Å². The third-order valence-corrected chi connectivity index (χ3v) is 6.45. The van der Waals surface area contributed by atoms with Crippen molar-refractivity contribution in [2.24, 2.45) is 0 Å². The fraction of sp³-hybridized carbons (Fsp3) is 0.174. The predicted molar refractivity (Wildman–Crippen MR) is 124 cm³/mol. The lowest BCUT2D eigenvalue weighted by molar-refractivity contribution is -0.117. The summed E-state index contributed by atoms with van der Waals surface area (Å²) in [4.78, 5) is 13.0. The second kappa shape index (κ2) is 10.5. The molecule has 3 rings (SSSR count). The molecular formula is C23H23ClN2O5S. The molecule has 0 saturated heterocycles. The third kappa shape index (κ3) is 6.00. The molecule has 1 atom stereocenters. The molecule has 0 bridgehead atoms. The minimum atomic E-state index is -4.05. The molecule has 0 spiro atoms. The monoisotopic (exact) mass is 474 g/mol. The standard InChI is InChI=1S/C23H23ClN2O5S/c1-30-18-10-8-17(9-11-18)25-23(27)21(14-16-6-4-3-5-7-16)26-32(28,29)19-12-13-22(31-2)20(24)15-19/h3-13,15,21,26H,14H2,1-2H3,(H,25,27)/t21-/m0/s1. The third-order valence-electron chi connectivity index (χ3n) is 4.69. The summed E-state index contributed by atoms with van der Waals surface area (Å²) in [6, 6.07) is 18.9. The van der Waals surface area contributed by atoms with Crippen molar-refractivity contribution < 1.29 is 22.7 Å². The molecule has 2 N–H and O–H groups in total. The van der Waals surface area contributed by atoms with E-state index in [1.54, 1.807) is 31.4 Å². The second-order valence-electron chi connectivity index (χ2n) is 6.88. The van der Waals surface area contributed by atoms with Crippen molar-refractivity contribution in [3.63, 3.8) is 0 Å². The number of rotatable bonds is 9. The lowest BCUT2D eigenvalue weighted by Gasteiger charge is -2.19.